The summed E-state index contributed by atoms with van der Waals surface area (Å²) in [5, 5.41) is 35.2. The van der Waals surface area contributed by atoms with E-state index in [0.29, 0.717) is 25.7 Å². The van der Waals surface area contributed by atoms with Crippen LogP contribution in [0, 0.1) is 0 Å². The minimum atomic E-state index is -0.665. The van der Waals surface area contributed by atoms with Crippen LogP contribution in [0.15, 0.2) is 0 Å². The van der Waals surface area contributed by atoms with E-state index in [0.717, 1.165) is 19.3 Å². The molecule has 0 amide bonds. The fraction of sp³-hybridized carbons (Fsp3) is 1.00. The normalized spacial score (nSPS) is 10.9. The molecule has 0 aromatic carbocycles. The predicted molar refractivity (Wildman–Crippen MR) is 69.9 cm³/mol. The molecular formula is C13H30O4. The van der Waals surface area contributed by atoms with Gasteiger partial charge in [-0.05, 0) is 39.0 Å². The van der Waals surface area contributed by atoms with Crippen molar-refractivity contribution in [1.29, 1.82) is 0 Å². The summed E-state index contributed by atoms with van der Waals surface area (Å²) >= 11 is 0. The van der Waals surface area contributed by atoms with Crippen molar-refractivity contribution in [1.82, 2.24) is 0 Å². The molecule has 0 aromatic heterocycles. The third-order valence-electron chi connectivity index (χ3n) is 2.60. The summed E-state index contributed by atoms with van der Waals surface area (Å²) in [5.74, 6) is 0. The molecule has 4 heteroatoms. The van der Waals surface area contributed by atoms with Gasteiger partial charge in [0.25, 0.3) is 0 Å². The van der Waals surface area contributed by atoms with Crippen molar-refractivity contribution in [3.05, 3.63) is 0 Å². The van der Waals surface area contributed by atoms with Crippen LogP contribution in [0.25, 0.3) is 0 Å². The highest BCUT2D eigenvalue weighted by Gasteiger charge is 2.24. The summed E-state index contributed by atoms with van der Waals surface area (Å²) in [5.41, 5.74) is -0.665. The van der Waals surface area contributed by atoms with E-state index in [9.17, 15) is 5.11 Å². The number of rotatable bonds is 9. The lowest BCUT2D eigenvalue weighted by Crippen LogP contribution is -2.29. The molecule has 0 aliphatic heterocycles. The van der Waals surface area contributed by atoms with E-state index in [4.69, 9.17) is 15.3 Å². The Morgan fingerprint density at radius 1 is 0.765 bits per heavy atom. The average molecular weight is 250 g/mol. The van der Waals surface area contributed by atoms with E-state index < -0.39 is 5.60 Å². The van der Waals surface area contributed by atoms with Crippen molar-refractivity contribution in [3.8, 4) is 0 Å². The molecule has 106 valence electrons. The second-order valence-electron chi connectivity index (χ2n) is 4.30. The molecule has 0 aliphatic rings. The van der Waals surface area contributed by atoms with Crippen molar-refractivity contribution < 1.29 is 20.4 Å². The fourth-order valence-corrected chi connectivity index (χ4v) is 1.70. The third kappa shape index (κ3) is 13.8. The summed E-state index contributed by atoms with van der Waals surface area (Å²) in [4.78, 5) is 0. The Kier molecular flexibility index (Phi) is 15.7. The molecule has 0 heterocycles. The number of aliphatic hydroxyl groups is 4. The van der Waals surface area contributed by atoms with Crippen LogP contribution in [-0.2, 0) is 0 Å². The molecule has 0 saturated heterocycles. The number of hydrogen-bond acceptors (Lipinski definition) is 4. The fourth-order valence-electron chi connectivity index (χ4n) is 1.70. The lowest BCUT2D eigenvalue weighted by atomic mass is 9.87. The third-order valence-corrected chi connectivity index (χ3v) is 2.60. The summed E-state index contributed by atoms with van der Waals surface area (Å²) < 4.78 is 0. The van der Waals surface area contributed by atoms with E-state index in [1.165, 1.54) is 0 Å². The Hall–Kier alpha value is -0.160. The first kappa shape index (κ1) is 19.2. The quantitative estimate of drug-likeness (QED) is 0.499. The molecule has 4 nitrogen and oxygen atoms in total. The Morgan fingerprint density at radius 3 is 1.41 bits per heavy atom. The monoisotopic (exact) mass is 250 g/mol. The summed E-state index contributed by atoms with van der Waals surface area (Å²) in [7, 11) is 0. The van der Waals surface area contributed by atoms with Gasteiger partial charge in [0.05, 0.1) is 5.60 Å². The largest absolute Gasteiger partial charge is 0.397 e. The summed E-state index contributed by atoms with van der Waals surface area (Å²) in [6, 6.07) is 0. The molecule has 0 spiro atoms. The van der Waals surface area contributed by atoms with Gasteiger partial charge in [0.15, 0.2) is 0 Å². The molecule has 0 aliphatic carbocycles. The van der Waals surface area contributed by atoms with Gasteiger partial charge >= 0.3 is 0 Å². The predicted octanol–water partition coefficient (Wildman–Crippen LogP) is 1.45. The van der Waals surface area contributed by atoms with Crippen molar-refractivity contribution >= 4 is 0 Å². The molecule has 0 bridgehead atoms. The molecule has 0 rings (SSSR count). The van der Waals surface area contributed by atoms with Gasteiger partial charge in [0, 0.05) is 19.8 Å². The molecule has 0 atom stereocenters. The molecule has 0 saturated carbocycles. The van der Waals surface area contributed by atoms with Gasteiger partial charge in [-0.25, -0.2) is 0 Å². The smallest absolute Gasteiger partial charge is 0.0649 e. The Balaban J connectivity index is 0. The zero-order chi connectivity index (χ0) is 13.6. The minimum absolute atomic E-state index is 0.133. The van der Waals surface area contributed by atoms with Crippen LogP contribution in [0.3, 0.4) is 0 Å². The van der Waals surface area contributed by atoms with Crippen LogP contribution in [-0.4, -0.2) is 45.8 Å². The first-order valence-corrected chi connectivity index (χ1v) is 6.65. The van der Waals surface area contributed by atoms with E-state index in [2.05, 4.69) is 6.92 Å². The first-order valence-electron chi connectivity index (χ1n) is 6.65. The molecular weight excluding hydrogens is 220 g/mol. The second-order valence-corrected chi connectivity index (χ2v) is 4.30. The van der Waals surface area contributed by atoms with Crippen molar-refractivity contribution in [2.75, 3.05) is 19.8 Å². The van der Waals surface area contributed by atoms with Crippen LogP contribution >= 0.6 is 0 Å². The summed E-state index contributed by atoms with van der Waals surface area (Å²) in [6.07, 6.45) is 5.43. The van der Waals surface area contributed by atoms with Gasteiger partial charge in [0.1, 0.15) is 0 Å². The Morgan fingerprint density at radius 2 is 1.12 bits per heavy atom. The maximum Gasteiger partial charge on any atom is 0.0649 e. The lowest BCUT2D eigenvalue weighted by Gasteiger charge is -2.27. The Labute approximate surface area is 105 Å². The Bertz CT molecular complexity index is 118. The zero-order valence-corrected chi connectivity index (χ0v) is 11.4. The van der Waals surface area contributed by atoms with Gasteiger partial charge in [-0.3, -0.25) is 0 Å². The maximum atomic E-state index is 10.2. The van der Waals surface area contributed by atoms with Crippen molar-refractivity contribution in [2.45, 2.75) is 64.4 Å². The summed E-state index contributed by atoms with van der Waals surface area (Å²) in [6.45, 7) is 4.29. The van der Waals surface area contributed by atoms with Gasteiger partial charge < -0.3 is 20.4 Å². The van der Waals surface area contributed by atoms with E-state index in [-0.39, 0.29) is 19.8 Å². The van der Waals surface area contributed by atoms with Crippen LogP contribution in [0.2, 0.25) is 0 Å². The molecule has 17 heavy (non-hydrogen) atoms. The molecule has 0 fully saturated rings. The van der Waals surface area contributed by atoms with Gasteiger partial charge in [-0.15, -0.1) is 0 Å². The van der Waals surface area contributed by atoms with Crippen LogP contribution < -0.4 is 0 Å². The number of unbranched alkanes of at least 4 members (excludes halogenated alkanes) is 1. The molecule has 0 aromatic rings. The zero-order valence-electron chi connectivity index (χ0n) is 11.4. The van der Waals surface area contributed by atoms with Gasteiger partial charge in [0.2, 0.25) is 0 Å². The number of aliphatic hydroxyl groups excluding tert-OH is 3. The highest BCUT2D eigenvalue weighted by atomic mass is 16.3. The van der Waals surface area contributed by atoms with Crippen molar-refractivity contribution in [2.24, 2.45) is 0 Å². The van der Waals surface area contributed by atoms with Crippen LogP contribution in [0.4, 0.5) is 0 Å². The molecule has 4 N–H and O–H groups in total. The van der Waals surface area contributed by atoms with Crippen LogP contribution in [0.5, 0.6) is 0 Å². The minimum Gasteiger partial charge on any atom is -0.397 e. The van der Waals surface area contributed by atoms with Gasteiger partial charge in [-0.1, -0.05) is 19.8 Å². The topological polar surface area (TPSA) is 80.9 Å². The number of hydrogen-bond donors (Lipinski definition) is 4. The highest BCUT2D eigenvalue weighted by molar-refractivity contribution is 4.78. The average Bonchev–Trinajstić information content (AvgIpc) is 2.33. The van der Waals surface area contributed by atoms with E-state index in [1.54, 1.807) is 6.92 Å². The SMILES string of the molecule is CCCCC(O)(CCCO)CCCO.CCO. The first-order chi connectivity index (χ1) is 8.10. The molecule has 0 radical (unpaired) electrons. The van der Waals surface area contributed by atoms with E-state index >= 15 is 0 Å². The maximum absolute atomic E-state index is 10.2. The molecule has 0 unspecified atom stereocenters. The van der Waals surface area contributed by atoms with Crippen molar-refractivity contribution in [3.63, 3.8) is 0 Å². The lowest BCUT2D eigenvalue weighted by molar-refractivity contribution is 0.00133. The van der Waals surface area contributed by atoms with Crippen LogP contribution in [0.1, 0.15) is 58.8 Å². The standard InChI is InChI=1S/C11H24O3.C2H6O/c1-2-3-6-11(14,7-4-9-12)8-5-10-13;1-2-3/h12-14H,2-10H2,1H3;3H,2H2,1H3. The van der Waals surface area contributed by atoms with Gasteiger partial charge in [-0.2, -0.15) is 0 Å². The van der Waals surface area contributed by atoms with E-state index in [1.807, 2.05) is 0 Å². The highest BCUT2D eigenvalue weighted by Crippen LogP contribution is 2.25. The second kappa shape index (κ2) is 13.9.